The van der Waals surface area contributed by atoms with Crippen LogP contribution >= 0.6 is 15.9 Å². The molecule has 220 valence electrons. The Balaban J connectivity index is 1.48. The number of phenolic OH excluding ortho intramolecular Hbond substituents is 1. The molecule has 8 aromatic rings. The summed E-state index contributed by atoms with van der Waals surface area (Å²) in [4.78, 5) is 9.12. The van der Waals surface area contributed by atoms with Crippen LogP contribution in [0.25, 0.3) is 61.2 Å². The van der Waals surface area contributed by atoms with Gasteiger partial charge in [0.15, 0.2) is 0 Å². The first-order valence-corrected chi connectivity index (χ1v) is 15.7. The van der Waals surface area contributed by atoms with E-state index in [1.807, 2.05) is 41.5 Å². The topological polar surface area (TPSA) is 60.8 Å². The highest BCUT2D eigenvalue weighted by Crippen LogP contribution is 2.43. The maximum Gasteiger partial charge on any atom is 0.137 e. The van der Waals surface area contributed by atoms with Gasteiger partial charge in [0.25, 0.3) is 0 Å². The van der Waals surface area contributed by atoms with Crippen LogP contribution < -0.4 is 0 Å². The normalized spacial score (nSPS) is 12.1. The number of benzene rings is 4. The second-order valence-electron chi connectivity index (χ2n) is 12.5. The molecule has 0 aliphatic heterocycles. The minimum absolute atomic E-state index is 0.0473. The van der Waals surface area contributed by atoms with Crippen molar-refractivity contribution in [3.8, 4) is 34.1 Å². The molecule has 0 bridgehead atoms. The van der Waals surface area contributed by atoms with Crippen molar-refractivity contribution in [3.05, 3.63) is 132 Å². The van der Waals surface area contributed by atoms with Crippen molar-refractivity contribution in [3.63, 3.8) is 0 Å². The maximum atomic E-state index is 10.7. The summed E-state index contributed by atoms with van der Waals surface area (Å²) < 4.78 is 7.55. The van der Waals surface area contributed by atoms with Crippen molar-refractivity contribution in [2.45, 2.75) is 26.2 Å². The first kappa shape index (κ1) is 27.4. The fourth-order valence-corrected chi connectivity index (χ4v) is 6.82. The molecule has 0 saturated heterocycles. The fraction of sp³-hybridized carbons (Fsp3) is 0.105. The lowest BCUT2D eigenvalue weighted by Crippen LogP contribution is -2.12. The van der Waals surface area contributed by atoms with Gasteiger partial charge >= 0.3 is 0 Å². The van der Waals surface area contributed by atoms with Crippen LogP contribution in [0, 0.1) is 0 Å². The van der Waals surface area contributed by atoms with Gasteiger partial charge in [-0.1, -0.05) is 67.0 Å². The van der Waals surface area contributed by atoms with E-state index in [-0.39, 0.29) is 11.2 Å². The molecule has 0 saturated carbocycles. The number of imidazole rings is 1. The summed E-state index contributed by atoms with van der Waals surface area (Å²) in [7, 11) is 0. The van der Waals surface area contributed by atoms with Gasteiger partial charge in [0.05, 0.1) is 28.4 Å². The smallest absolute Gasteiger partial charge is 0.137 e. The zero-order valence-electron chi connectivity index (χ0n) is 25.1. The third-order valence-electron chi connectivity index (χ3n) is 8.52. The molecular weight excluding hydrogens is 622 g/mol. The van der Waals surface area contributed by atoms with Gasteiger partial charge in [-0.2, -0.15) is 0 Å². The van der Waals surface area contributed by atoms with E-state index in [9.17, 15) is 5.11 Å². The quantitative estimate of drug-likeness (QED) is 0.206. The van der Waals surface area contributed by atoms with Gasteiger partial charge in [0.2, 0.25) is 0 Å². The predicted octanol–water partition coefficient (Wildman–Crippen LogP) is 9.74. The molecular formula is C38H30BrN5O. The van der Waals surface area contributed by atoms with Crippen molar-refractivity contribution in [2.75, 3.05) is 0 Å². The van der Waals surface area contributed by atoms with Gasteiger partial charge in [-0.3, -0.25) is 4.57 Å². The highest BCUT2D eigenvalue weighted by Gasteiger charge is 2.24. The van der Waals surface area contributed by atoms with Gasteiger partial charge in [-0.25, -0.2) is 9.97 Å². The number of aromatic hydroxyl groups is 1. The Hall–Kier alpha value is -5.14. The number of phenols is 1. The monoisotopic (exact) mass is 651 g/mol. The molecule has 4 aromatic heterocycles. The van der Waals surface area contributed by atoms with E-state index in [2.05, 4.69) is 124 Å². The van der Waals surface area contributed by atoms with Crippen molar-refractivity contribution in [1.29, 1.82) is 0 Å². The largest absolute Gasteiger partial charge is 0.508 e. The van der Waals surface area contributed by atoms with Crippen molar-refractivity contribution in [2.24, 2.45) is 0 Å². The number of hydrogen-bond donors (Lipinski definition) is 1. The van der Waals surface area contributed by atoms with Crippen LogP contribution in [0.1, 0.15) is 26.3 Å². The van der Waals surface area contributed by atoms with E-state index in [4.69, 9.17) is 4.98 Å². The maximum absolute atomic E-state index is 10.7. The second kappa shape index (κ2) is 10.2. The minimum Gasteiger partial charge on any atom is -0.508 e. The number of para-hydroxylation sites is 1. The Morgan fingerprint density at radius 2 is 1.44 bits per heavy atom. The molecule has 4 aromatic carbocycles. The summed E-state index contributed by atoms with van der Waals surface area (Å²) in [5.41, 5.74) is 9.55. The van der Waals surface area contributed by atoms with Gasteiger partial charge in [0.1, 0.15) is 11.6 Å². The molecule has 0 aliphatic carbocycles. The average Bonchev–Trinajstić information content (AvgIpc) is 3.76. The Labute approximate surface area is 269 Å². The summed E-state index contributed by atoms with van der Waals surface area (Å²) in [6.45, 7) is 6.64. The number of aromatic nitrogens is 5. The molecule has 0 amide bonds. The van der Waals surface area contributed by atoms with E-state index in [1.165, 1.54) is 5.56 Å². The highest BCUT2D eigenvalue weighted by molar-refractivity contribution is 9.10. The zero-order chi connectivity index (χ0) is 30.9. The van der Waals surface area contributed by atoms with Crippen LogP contribution in [-0.4, -0.2) is 28.8 Å². The molecule has 45 heavy (non-hydrogen) atoms. The summed E-state index contributed by atoms with van der Waals surface area (Å²) in [6, 6.07) is 33.5. The average molecular weight is 653 g/mol. The second-order valence-corrected chi connectivity index (χ2v) is 13.4. The number of pyridine rings is 1. The first-order valence-electron chi connectivity index (χ1n) is 14.9. The zero-order valence-corrected chi connectivity index (χ0v) is 26.7. The molecule has 0 fully saturated rings. The van der Waals surface area contributed by atoms with E-state index < -0.39 is 0 Å². The van der Waals surface area contributed by atoms with E-state index in [0.29, 0.717) is 0 Å². The third kappa shape index (κ3) is 4.54. The van der Waals surface area contributed by atoms with Gasteiger partial charge in [-0.15, -0.1) is 0 Å². The van der Waals surface area contributed by atoms with E-state index in [0.717, 1.165) is 65.6 Å². The first-order chi connectivity index (χ1) is 21.8. The molecule has 0 aliphatic rings. The third-order valence-corrected chi connectivity index (χ3v) is 8.97. The Kier molecular flexibility index (Phi) is 6.22. The molecule has 0 radical (unpaired) electrons. The molecule has 0 spiro atoms. The standard InChI is InChI=1S/C38H30BrN5O/c1-38(2,3)26-13-14-41-35(20-26)44-34-22-30(45)10-12-32(34)36-37(44)31-11-9-24(19-33(31)43(36)28-7-5-4-6-8-28)25-17-27(39)21-29(18-25)42-16-15-40-23-42/h4-23,45H,1-3H3. The van der Waals surface area contributed by atoms with E-state index >= 15 is 0 Å². The van der Waals surface area contributed by atoms with Crippen LogP contribution in [0.4, 0.5) is 0 Å². The molecule has 4 heterocycles. The molecule has 8 rings (SSSR count). The van der Waals surface area contributed by atoms with Crippen LogP contribution in [0.5, 0.6) is 5.75 Å². The van der Waals surface area contributed by atoms with Crippen LogP contribution in [0.2, 0.25) is 0 Å². The van der Waals surface area contributed by atoms with Crippen LogP contribution in [0.3, 0.4) is 0 Å². The Morgan fingerprint density at radius 1 is 0.689 bits per heavy atom. The van der Waals surface area contributed by atoms with E-state index in [1.54, 1.807) is 12.3 Å². The van der Waals surface area contributed by atoms with Crippen LogP contribution in [-0.2, 0) is 5.41 Å². The van der Waals surface area contributed by atoms with Gasteiger partial charge < -0.3 is 14.2 Å². The van der Waals surface area contributed by atoms with Crippen molar-refractivity contribution >= 4 is 48.8 Å². The fourth-order valence-electron chi connectivity index (χ4n) is 6.34. The molecule has 0 unspecified atom stereocenters. The number of fused-ring (bicyclic) bond motifs is 5. The molecule has 6 nitrogen and oxygen atoms in total. The summed E-state index contributed by atoms with van der Waals surface area (Å²) in [5, 5.41) is 12.8. The highest BCUT2D eigenvalue weighted by atomic mass is 79.9. The molecule has 1 N–H and O–H groups in total. The van der Waals surface area contributed by atoms with Crippen molar-refractivity contribution < 1.29 is 5.11 Å². The lowest BCUT2D eigenvalue weighted by molar-refractivity contribution is 0.476. The molecule has 7 heteroatoms. The Morgan fingerprint density at radius 3 is 2.20 bits per heavy atom. The van der Waals surface area contributed by atoms with Crippen molar-refractivity contribution in [1.82, 2.24) is 23.7 Å². The number of halogens is 1. The van der Waals surface area contributed by atoms with Gasteiger partial charge in [0, 0.05) is 51.3 Å². The summed E-state index contributed by atoms with van der Waals surface area (Å²) >= 11 is 3.74. The van der Waals surface area contributed by atoms with Crippen LogP contribution in [0.15, 0.2) is 126 Å². The number of hydrogen-bond acceptors (Lipinski definition) is 3. The summed E-state index contributed by atoms with van der Waals surface area (Å²) in [5.74, 6) is 1.04. The lowest BCUT2D eigenvalue weighted by atomic mass is 9.88. The number of nitrogens with zero attached hydrogens (tertiary/aromatic N) is 5. The predicted molar refractivity (Wildman–Crippen MR) is 186 cm³/mol. The molecule has 0 atom stereocenters. The minimum atomic E-state index is -0.0473. The SMILES string of the molecule is CC(C)(C)c1ccnc(-n2c3cc(O)ccc3c3c2c2ccc(-c4cc(Br)cc(-n5ccnc5)c4)cc2n3-c2ccccc2)c1. The lowest BCUT2D eigenvalue weighted by Gasteiger charge is -2.20. The Bertz CT molecular complexity index is 2380. The number of rotatable bonds is 4. The van der Waals surface area contributed by atoms with Gasteiger partial charge in [-0.05, 0) is 82.8 Å². The summed E-state index contributed by atoms with van der Waals surface area (Å²) in [6.07, 6.45) is 7.44.